The molecule has 43 heavy (non-hydrogen) atoms. The van der Waals surface area contributed by atoms with Gasteiger partial charge in [-0.15, -0.1) is 23.1 Å². The van der Waals surface area contributed by atoms with Crippen LogP contribution in [0.1, 0.15) is 37.9 Å². The number of aromatic nitrogens is 3. The van der Waals surface area contributed by atoms with Gasteiger partial charge >= 0.3 is 5.97 Å². The second-order valence-corrected chi connectivity index (χ2v) is 13.4. The summed E-state index contributed by atoms with van der Waals surface area (Å²) in [5, 5.41) is 6.90. The molecule has 218 valence electrons. The molecular weight excluding hydrogens is 597 g/mol. The van der Waals surface area contributed by atoms with E-state index in [-0.39, 0.29) is 18.1 Å². The van der Waals surface area contributed by atoms with E-state index in [0.717, 1.165) is 32.3 Å². The number of carbonyl (C=O) groups excluding carboxylic acids is 1. The van der Waals surface area contributed by atoms with Gasteiger partial charge in [-0.2, -0.15) is 5.10 Å². The number of thiazole rings is 1. The fourth-order valence-electron chi connectivity index (χ4n) is 4.96. The average molecular weight is 627 g/mol. The minimum atomic E-state index is -0.655. The van der Waals surface area contributed by atoms with Crippen LogP contribution in [-0.4, -0.2) is 33.2 Å². The second-order valence-electron chi connectivity index (χ2n) is 10.5. The predicted octanol–water partition coefficient (Wildman–Crippen LogP) is 6.07. The Kier molecular flexibility index (Phi) is 8.34. The maximum Gasteiger partial charge on any atom is 0.338 e. The van der Waals surface area contributed by atoms with Gasteiger partial charge in [0.05, 0.1) is 39.0 Å². The molecule has 10 heteroatoms. The molecule has 0 spiro atoms. The second kappa shape index (κ2) is 12.3. The average Bonchev–Trinajstić information content (AvgIpc) is 3.76. The summed E-state index contributed by atoms with van der Waals surface area (Å²) >= 11 is 4.55. The van der Waals surface area contributed by atoms with Gasteiger partial charge in [0.15, 0.2) is 4.80 Å². The van der Waals surface area contributed by atoms with E-state index in [9.17, 15) is 9.59 Å². The lowest BCUT2D eigenvalue weighted by atomic mass is 9.96. The smallest absolute Gasteiger partial charge is 0.338 e. The quantitative estimate of drug-likeness (QED) is 0.154. The Morgan fingerprint density at radius 3 is 2.53 bits per heavy atom. The molecule has 3 aromatic heterocycles. The Bertz CT molecular complexity index is 1980. The molecule has 0 N–H and O–H groups in total. The number of thioether (sulfide) groups is 1. The predicted molar refractivity (Wildman–Crippen MR) is 175 cm³/mol. The Morgan fingerprint density at radius 1 is 1.09 bits per heavy atom. The van der Waals surface area contributed by atoms with E-state index in [0.29, 0.717) is 20.6 Å². The highest BCUT2D eigenvalue weighted by atomic mass is 32.2. The Labute approximate surface area is 261 Å². The number of ether oxygens (including phenoxy) is 1. The summed E-state index contributed by atoms with van der Waals surface area (Å²) in [7, 11) is 0. The zero-order valence-electron chi connectivity index (χ0n) is 24.2. The van der Waals surface area contributed by atoms with E-state index in [1.165, 1.54) is 11.3 Å². The topological polar surface area (TPSA) is 78.5 Å². The molecule has 0 radical (unpaired) electrons. The van der Waals surface area contributed by atoms with Gasteiger partial charge in [-0.05, 0) is 66.4 Å². The summed E-state index contributed by atoms with van der Waals surface area (Å²) in [6.45, 7) is 6.08. The first-order chi connectivity index (χ1) is 20.8. The molecule has 0 saturated heterocycles. The molecule has 1 aliphatic rings. The van der Waals surface area contributed by atoms with Crippen molar-refractivity contribution in [3.63, 3.8) is 0 Å². The molecule has 4 heterocycles. The van der Waals surface area contributed by atoms with E-state index in [1.54, 1.807) is 27.7 Å². The fraction of sp³-hybridized carbons (Fsp3) is 0.212. The van der Waals surface area contributed by atoms with Gasteiger partial charge in [0, 0.05) is 16.7 Å². The van der Waals surface area contributed by atoms with Crippen molar-refractivity contribution in [2.75, 3.05) is 12.9 Å². The van der Waals surface area contributed by atoms with Gasteiger partial charge in [0.2, 0.25) is 0 Å². The van der Waals surface area contributed by atoms with Crippen LogP contribution in [0.15, 0.2) is 104 Å². The first-order valence-corrected chi connectivity index (χ1v) is 16.8. The number of allylic oxidation sites excluding steroid dienone is 1. The van der Waals surface area contributed by atoms with E-state index in [4.69, 9.17) is 14.8 Å². The maximum absolute atomic E-state index is 14.2. The van der Waals surface area contributed by atoms with Crippen molar-refractivity contribution in [3.05, 3.63) is 120 Å². The van der Waals surface area contributed by atoms with Crippen LogP contribution >= 0.6 is 34.4 Å². The molecular formula is C33H30N4O3S3. The maximum atomic E-state index is 14.2. The minimum Gasteiger partial charge on any atom is -0.462 e. The number of hydrogen-bond acceptors (Lipinski definition) is 8. The molecule has 0 saturated carbocycles. The molecule has 7 nitrogen and oxygen atoms in total. The van der Waals surface area contributed by atoms with Gasteiger partial charge in [-0.3, -0.25) is 9.36 Å². The molecule has 0 amide bonds. The van der Waals surface area contributed by atoms with Gasteiger partial charge in [0.25, 0.3) is 5.56 Å². The summed E-state index contributed by atoms with van der Waals surface area (Å²) in [4.78, 5) is 35.1. The van der Waals surface area contributed by atoms with Gasteiger partial charge in [-0.25, -0.2) is 14.5 Å². The molecule has 1 atom stereocenters. The Balaban J connectivity index is 1.52. The lowest BCUT2D eigenvalue weighted by Crippen LogP contribution is -2.40. The third-order valence-corrected chi connectivity index (χ3v) is 9.63. The van der Waals surface area contributed by atoms with Crippen molar-refractivity contribution >= 4 is 46.5 Å². The standard InChI is InChI=1S/C33H30N4O3S3/c1-20(2)19-40-32(39)28-21(3)34-33-37(30(28)22-12-14-25(41-4)15-13-22)31(38)27(43-33)17-23-18-36(24-9-6-5-7-10-24)35-29(23)26-11-8-16-42-26/h5-18,20,30H,19H2,1-4H3. The van der Waals surface area contributed by atoms with E-state index in [1.807, 2.05) is 116 Å². The summed E-state index contributed by atoms with van der Waals surface area (Å²) in [5.41, 5.74) is 4.09. The highest BCUT2D eigenvalue weighted by Crippen LogP contribution is 2.32. The Hall–Kier alpha value is -3.99. The summed E-state index contributed by atoms with van der Waals surface area (Å²) in [5.74, 6) is -0.271. The molecule has 0 bridgehead atoms. The third-order valence-electron chi connectivity index (χ3n) is 7.03. The van der Waals surface area contributed by atoms with Crippen molar-refractivity contribution in [1.29, 1.82) is 0 Å². The van der Waals surface area contributed by atoms with Crippen LogP contribution in [0, 0.1) is 5.92 Å². The number of thiophene rings is 1. The summed E-state index contributed by atoms with van der Waals surface area (Å²) < 4.78 is 9.66. The molecule has 1 aliphatic heterocycles. The number of esters is 1. The highest BCUT2D eigenvalue weighted by Gasteiger charge is 2.33. The van der Waals surface area contributed by atoms with Gasteiger partial charge < -0.3 is 4.74 Å². The number of hydrogen-bond donors (Lipinski definition) is 0. The molecule has 0 fully saturated rings. The van der Waals surface area contributed by atoms with Crippen LogP contribution < -0.4 is 14.9 Å². The number of nitrogens with zero attached hydrogens (tertiary/aromatic N) is 4. The van der Waals surface area contributed by atoms with E-state index in [2.05, 4.69) is 0 Å². The van der Waals surface area contributed by atoms with Gasteiger partial charge in [0.1, 0.15) is 5.69 Å². The molecule has 2 aromatic carbocycles. The van der Waals surface area contributed by atoms with Crippen molar-refractivity contribution in [3.8, 4) is 16.3 Å². The first kappa shape index (κ1) is 29.1. The van der Waals surface area contributed by atoms with E-state index >= 15 is 0 Å². The zero-order chi connectivity index (χ0) is 30.1. The van der Waals surface area contributed by atoms with Crippen LogP contribution in [0.5, 0.6) is 0 Å². The largest absolute Gasteiger partial charge is 0.462 e. The third kappa shape index (κ3) is 5.82. The van der Waals surface area contributed by atoms with Crippen LogP contribution in [0.25, 0.3) is 22.3 Å². The van der Waals surface area contributed by atoms with Crippen molar-refractivity contribution in [2.24, 2.45) is 10.9 Å². The van der Waals surface area contributed by atoms with Crippen LogP contribution in [-0.2, 0) is 9.53 Å². The normalized spacial score (nSPS) is 15.1. The van der Waals surface area contributed by atoms with Crippen LogP contribution in [0.2, 0.25) is 0 Å². The molecule has 5 aromatic rings. The van der Waals surface area contributed by atoms with Crippen molar-refractivity contribution in [1.82, 2.24) is 14.3 Å². The molecule has 1 unspecified atom stereocenters. The monoisotopic (exact) mass is 626 g/mol. The highest BCUT2D eigenvalue weighted by molar-refractivity contribution is 7.98. The number of para-hydroxylation sites is 1. The summed E-state index contributed by atoms with van der Waals surface area (Å²) in [6.07, 6.45) is 5.84. The number of rotatable bonds is 8. The first-order valence-electron chi connectivity index (χ1n) is 13.9. The molecule has 0 aliphatic carbocycles. The number of fused-ring (bicyclic) bond motifs is 1. The lowest BCUT2D eigenvalue weighted by Gasteiger charge is -2.25. The SMILES string of the molecule is CSc1ccc(C2C(C(=O)OCC(C)C)=C(C)N=c3sc(=Cc4cn(-c5ccccc5)nc4-c4cccs4)c(=O)n32)cc1. The summed E-state index contributed by atoms with van der Waals surface area (Å²) in [6, 6.07) is 21.2. The van der Waals surface area contributed by atoms with Gasteiger partial charge in [-0.1, -0.05) is 61.6 Å². The number of carbonyl (C=O) groups is 1. The lowest BCUT2D eigenvalue weighted by molar-refractivity contribution is -0.140. The fourth-order valence-corrected chi connectivity index (χ4v) is 7.13. The minimum absolute atomic E-state index is 0.180. The Morgan fingerprint density at radius 2 is 1.86 bits per heavy atom. The number of benzene rings is 2. The van der Waals surface area contributed by atoms with E-state index < -0.39 is 12.0 Å². The zero-order valence-corrected chi connectivity index (χ0v) is 26.6. The van der Waals surface area contributed by atoms with Crippen molar-refractivity contribution in [2.45, 2.75) is 31.7 Å². The van der Waals surface area contributed by atoms with Crippen molar-refractivity contribution < 1.29 is 9.53 Å². The van der Waals surface area contributed by atoms with Crippen LogP contribution in [0.4, 0.5) is 0 Å². The molecule has 6 rings (SSSR count). The van der Waals surface area contributed by atoms with Crippen LogP contribution in [0.3, 0.4) is 0 Å².